The molecule has 4 nitrogen and oxygen atoms in total. The Bertz CT molecular complexity index is 3090. The summed E-state index contributed by atoms with van der Waals surface area (Å²) in [4.78, 5) is 4.86. The number of nitrogens with zero attached hydrogens (tertiary/aromatic N) is 2. The van der Waals surface area contributed by atoms with Gasteiger partial charge < -0.3 is 19.3 Å². The van der Waals surface area contributed by atoms with E-state index in [2.05, 4.69) is 251 Å². The fourth-order valence-corrected chi connectivity index (χ4v) is 12.0. The first-order chi connectivity index (χ1) is 34.7. The Kier molecular flexibility index (Phi) is 12.3. The number of para-hydroxylation sites is 8. The van der Waals surface area contributed by atoms with Crippen molar-refractivity contribution in [3.63, 3.8) is 0 Å². The van der Waals surface area contributed by atoms with Crippen LogP contribution in [0, 0.1) is 0 Å². The zero-order valence-electron chi connectivity index (χ0n) is 44.3. The maximum atomic E-state index is 6.63. The third-order valence-corrected chi connectivity index (χ3v) is 15.7. The molecule has 0 aromatic heterocycles. The van der Waals surface area contributed by atoms with Crippen LogP contribution in [0.1, 0.15) is 152 Å². The molecule has 3 heterocycles. The van der Waals surface area contributed by atoms with Gasteiger partial charge in [-0.3, -0.25) is 0 Å². The molecule has 0 atom stereocenters. The molecule has 8 aromatic carbocycles. The molecule has 360 valence electrons. The van der Waals surface area contributed by atoms with E-state index in [1.165, 1.54) is 66.2 Å². The van der Waals surface area contributed by atoms with E-state index in [-0.39, 0.29) is 25.3 Å². The number of anilines is 6. The normalized spacial score (nSPS) is 13.6. The van der Waals surface area contributed by atoms with Gasteiger partial charge >= 0.3 is 0 Å². The molecular formula is C66H68B2N2O2. The van der Waals surface area contributed by atoms with Gasteiger partial charge in [0.25, 0.3) is 0 Å². The van der Waals surface area contributed by atoms with Crippen LogP contribution in [-0.2, 0) is 0 Å². The van der Waals surface area contributed by atoms with Gasteiger partial charge in [0.2, 0.25) is 13.4 Å². The number of ether oxygens (including phenoxy) is 2. The lowest BCUT2D eigenvalue weighted by molar-refractivity contribution is 0.477. The minimum atomic E-state index is -0.0971. The highest BCUT2D eigenvalue weighted by Gasteiger charge is 2.44. The van der Waals surface area contributed by atoms with E-state index in [0.717, 1.165) is 57.1 Å². The summed E-state index contributed by atoms with van der Waals surface area (Å²) < 4.78 is 13.3. The summed E-state index contributed by atoms with van der Waals surface area (Å²) in [6.45, 7) is 28.4. The highest BCUT2D eigenvalue weighted by atomic mass is 16.5. The minimum Gasteiger partial charge on any atom is -0.453 e. The summed E-state index contributed by atoms with van der Waals surface area (Å²) in [5.41, 5.74) is 23.3. The van der Waals surface area contributed by atoms with E-state index in [4.69, 9.17) is 9.47 Å². The highest BCUT2D eigenvalue weighted by molar-refractivity contribution is 7.11. The average molecular weight is 943 g/mol. The molecule has 11 rings (SSSR count). The summed E-state index contributed by atoms with van der Waals surface area (Å²) in [5, 5.41) is 0. The average Bonchev–Trinajstić information content (AvgIpc) is 3.37. The molecule has 0 saturated carbocycles. The first-order valence-electron chi connectivity index (χ1n) is 26.6. The second-order valence-electron chi connectivity index (χ2n) is 22.4. The van der Waals surface area contributed by atoms with Gasteiger partial charge in [-0.1, -0.05) is 201 Å². The molecule has 6 heteroatoms. The first kappa shape index (κ1) is 47.4. The second-order valence-corrected chi connectivity index (χ2v) is 22.4. The lowest BCUT2D eigenvalue weighted by Crippen LogP contribution is -2.76. The van der Waals surface area contributed by atoms with E-state index in [1.54, 1.807) is 0 Å². The molecule has 0 radical (unpaired) electrons. The van der Waals surface area contributed by atoms with Gasteiger partial charge in [-0.2, -0.15) is 0 Å². The number of benzene rings is 8. The van der Waals surface area contributed by atoms with Crippen LogP contribution < -0.4 is 52.1 Å². The molecule has 0 saturated heterocycles. The van der Waals surface area contributed by atoms with Crippen LogP contribution in [-0.4, -0.2) is 13.4 Å². The van der Waals surface area contributed by atoms with Gasteiger partial charge in [-0.25, -0.2) is 0 Å². The number of rotatable bonds is 10. The minimum absolute atomic E-state index is 0.0289. The van der Waals surface area contributed by atoms with Gasteiger partial charge in [0, 0.05) is 11.4 Å². The van der Waals surface area contributed by atoms with Crippen LogP contribution in [0.5, 0.6) is 23.0 Å². The number of fused-ring (bicyclic) bond motifs is 6. The van der Waals surface area contributed by atoms with Crippen molar-refractivity contribution >= 4 is 80.3 Å². The van der Waals surface area contributed by atoms with E-state index >= 15 is 0 Å². The summed E-state index contributed by atoms with van der Waals surface area (Å²) in [5.74, 6) is 5.40. The van der Waals surface area contributed by atoms with Crippen molar-refractivity contribution in [2.75, 3.05) is 9.80 Å². The highest BCUT2D eigenvalue weighted by Crippen LogP contribution is 2.51. The fraction of sp³-hybridized carbons (Fsp3) is 0.273. The van der Waals surface area contributed by atoms with E-state index in [0.29, 0.717) is 23.7 Å². The Balaban J connectivity index is 1.29. The largest absolute Gasteiger partial charge is 0.453 e. The Morgan fingerprint density at radius 1 is 0.306 bits per heavy atom. The molecule has 0 aliphatic carbocycles. The van der Waals surface area contributed by atoms with E-state index in [9.17, 15) is 0 Å². The second kappa shape index (κ2) is 18.6. The molecule has 0 unspecified atom stereocenters. The van der Waals surface area contributed by atoms with E-state index < -0.39 is 0 Å². The van der Waals surface area contributed by atoms with Gasteiger partial charge in [0.1, 0.15) is 0 Å². The third-order valence-electron chi connectivity index (χ3n) is 15.7. The van der Waals surface area contributed by atoms with Gasteiger partial charge in [0.05, 0.1) is 22.7 Å². The summed E-state index contributed by atoms with van der Waals surface area (Å²) in [6, 6.07) is 59.1. The molecule has 0 spiro atoms. The lowest BCUT2D eigenvalue weighted by atomic mass is 9.20. The van der Waals surface area contributed by atoms with Gasteiger partial charge in [0.15, 0.2) is 23.0 Å². The van der Waals surface area contributed by atoms with Crippen molar-refractivity contribution in [3.05, 3.63) is 191 Å². The zero-order chi connectivity index (χ0) is 50.3. The van der Waals surface area contributed by atoms with E-state index in [1.807, 2.05) is 0 Å². The number of hydrogen-bond donors (Lipinski definition) is 0. The number of hydrogen-bond acceptors (Lipinski definition) is 4. The maximum absolute atomic E-state index is 6.63. The quantitative estimate of drug-likeness (QED) is 0.128. The van der Waals surface area contributed by atoms with Gasteiger partial charge in [-0.05, 0) is 142 Å². The van der Waals surface area contributed by atoms with Crippen LogP contribution in [0.25, 0.3) is 0 Å². The van der Waals surface area contributed by atoms with Crippen molar-refractivity contribution in [1.82, 2.24) is 0 Å². The summed E-state index contributed by atoms with van der Waals surface area (Å²) in [6.07, 6.45) is 0. The Labute approximate surface area is 430 Å². The molecule has 72 heavy (non-hydrogen) atoms. The Morgan fingerprint density at radius 3 is 0.861 bits per heavy atom. The van der Waals surface area contributed by atoms with Crippen LogP contribution in [0.2, 0.25) is 0 Å². The zero-order valence-corrected chi connectivity index (χ0v) is 44.3. The van der Waals surface area contributed by atoms with Crippen molar-refractivity contribution in [1.29, 1.82) is 0 Å². The van der Waals surface area contributed by atoms with Crippen LogP contribution in [0.15, 0.2) is 158 Å². The maximum Gasteiger partial charge on any atom is 0.240 e. The lowest BCUT2D eigenvalue weighted by Gasteiger charge is -2.40. The summed E-state index contributed by atoms with van der Waals surface area (Å²) in [7, 11) is 0. The predicted molar refractivity (Wildman–Crippen MR) is 309 cm³/mol. The van der Waals surface area contributed by atoms with Gasteiger partial charge in [-0.15, -0.1) is 0 Å². The van der Waals surface area contributed by atoms with Crippen molar-refractivity contribution in [2.45, 2.75) is 119 Å². The topological polar surface area (TPSA) is 24.9 Å². The molecule has 3 aliphatic rings. The predicted octanol–water partition coefficient (Wildman–Crippen LogP) is 14.9. The SMILES string of the molecule is CC(C)c1cc(C(C)C)c(B2c3ccc(N4c5ccccc5Oc5ccccc54)cc3B(c3c(C(C)C)cc(C(C)C)cc3C(C)C)c3cc(N4c5ccccc5Oc5ccccc54)ccc32)c(C(C)C)c1. The first-order valence-corrected chi connectivity index (χ1v) is 26.6. The monoisotopic (exact) mass is 943 g/mol. The van der Waals surface area contributed by atoms with Crippen molar-refractivity contribution in [3.8, 4) is 23.0 Å². The molecule has 3 aliphatic heterocycles. The van der Waals surface area contributed by atoms with Crippen LogP contribution in [0.3, 0.4) is 0 Å². The van der Waals surface area contributed by atoms with Crippen LogP contribution >= 0.6 is 0 Å². The van der Waals surface area contributed by atoms with Crippen molar-refractivity contribution < 1.29 is 9.47 Å². The summed E-state index contributed by atoms with van der Waals surface area (Å²) >= 11 is 0. The molecule has 0 bridgehead atoms. The molecule has 0 N–H and O–H groups in total. The third kappa shape index (κ3) is 7.93. The molecule has 0 amide bonds. The molecular weight excluding hydrogens is 874 g/mol. The van der Waals surface area contributed by atoms with Crippen LogP contribution in [0.4, 0.5) is 34.1 Å². The Hall–Kier alpha value is -6.91. The molecule has 0 fully saturated rings. The fourth-order valence-electron chi connectivity index (χ4n) is 12.0. The Morgan fingerprint density at radius 2 is 0.583 bits per heavy atom. The van der Waals surface area contributed by atoms with Crippen molar-refractivity contribution in [2.24, 2.45) is 0 Å². The smallest absolute Gasteiger partial charge is 0.240 e. The standard InChI is InChI=1S/C66H68B2N2O2/c1-39(2)45-33-49(41(5)6)65(50(34-45)42(7)8)67-53-31-29-47(69-57-21-13-17-25-61(57)71-62-26-18-14-22-58(62)69)37-55(53)68(66-51(43(9)10)35-46(40(3)4)36-52(66)44(11)12)56-38-48(30-32-54(56)67)70-59-23-15-19-27-63(59)72-64-28-20-16-24-60(64)70/h13-44H,1-12H3. The molecule has 8 aromatic rings.